The van der Waals surface area contributed by atoms with Crippen molar-refractivity contribution in [3.05, 3.63) is 45.3 Å². The monoisotopic (exact) mass is 392 g/mol. The Morgan fingerprint density at radius 1 is 1.43 bits per heavy atom. The number of nitrogen functional groups attached to an aromatic ring is 1. The molecule has 1 heterocycles. The van der Waals surface area contributed by atoms with E-state index in [1.807, 2.05) is 0 Å². The summed E-state index contributed by atoms with van der Waals surface area (Å²) in [5.74, 6) is 0.682. The van der Waals surface area contributed by atoms with Crippen LogP contribution in [-0.2, 0) is 16.6 Å². The highest BCUT2D eigenvalue weighted by atomic mass is 79.9. The number of nitrogens with two attached hydrogens (primary N) is 1. The van der Waals surface area contributed by atoms with Crippen LogP contribution in [0.25, 0.3) is 0 Å². The molecule has 0 aliphatic rings. The van der Waals surface area contributed by atoms with Gasteiger partial charge in [-0.25, -0.2) is 8.42 Å². The zero-order chi connectivity index (χ0) is 15.8. The minimum absolute atomic E-state index is 0.0381. The summed E-state index contributed by atoms with van der Waals surface area (Å²) in [4.78, 5) is 0.0381. The summed E-state index contributed by atoms with van der Waals surface area (Å²) >= 11 is 9.10. The Balaban J connectivity index is 2.40. The van der Waals surface area contributed by atoms with Crippen molar-refractivity contribution >= 4 is 43.2 Å². The second kappa shape index (κ2) is 6.00. The second-order valence-electron chi connectivity index (χ2n) is 4.57. The molecule has 0 bridgehead atoms. The maximum absolute atomic E-state index is 12.6. The lowest BCUT2D eigenvalue weighted by atomic mass is 10.3. The number of rotatable bonds is 4. The summed E-state index contributed by atoms with van der Waals surface area (Å²) in [5.41, 5.74) is 6.82. The van der Waals surface area contributed by atoms with Gasteiger partial charge in [-0.15, -0.1) is 0 Å². The van der Waals surface area contributed by atoms with E-state index in [2.05, 4.69) is 15.9 Å². The van der Waals surface area contributed by atoms with Crippen LogP contribution < -0.4 is 5.73 Å². The highest BCUT2D eigenvalue weighted by molar-refractivity contribution is 9.10. The zero-order valence-electron chi connectivity index (χ0n) is 11.4. The summed E-state index contributed by atoms with van der Waals surface area (Å²) in [6, 6.07) is 4.60. The number of benzene rings is 1. The molecule has 114 valence electrons. The van der Waals surface area contributed by atoms with E-state index in [-0.39, 0.29) is 22.2 Å². The minimum atomic E-state index is -3.73. The van der Waals surface area contributed by atoms with Crippen molar-refractivity contribution in [3.8, 4) is 0 Å². The molecule has 0 amide bonds. The van der Waals surface area contributed by atoms with Crippen LogP contribution in [0.2, 0.25) is 5.02 Å². The molecule has 1 aromatic heterocycles. The summed E-state index contributed by atoms with van der Waals surface area (Å²) in [7, 11) is -2.24. The van der Waals surface area contributed by atoms with E-state index in [9.17, 15) is 8.42 Å². The Morgan fingerprint density at radius 3 is 2.67 bits per heavy atom. The van der Waals surface area contributed by atoms with Gasteiger partial charge in [-0.3, -0.25) is 0 Å². The van der Waals surface area contributed by atoms with E-state index in [0.717, 1.165) is 5.56 Å². The second-order valence-corrected chi connectivity index (χ2v) is 7.81. The first-order chi connectivity index (χ1) is 9.73. The molecule has 0 radical (unpaired) electrons. The Labute approximate surface area is 136 Å². The Morgan fingerprint density at radius 2 is 2.10 bits per heavy atom. The number of anilines is 1. The maximum Gasteiger partial charge on any atom is 0.244 e. The van der Waals surface area contributed by atoms with Gasteiger partial charge >= 0.3 is 0 Å². The molecule has 2 aromatic rings. The molecule has 21 heavy (non-hydrogen) atoms. The maximum atomic E-state index is 12.6. The molecule has 0 fully saturated rings. The number of furan rings is 1. The quantitative estimate of drug-likeness (QED) is 0.808. The lowest BCUT2D eigenvalue weighted by molar-refractivity contribution is 0.458. The van der Waals surface area contributed by atoms with E-state index in [4.69, 9.17) is 21.8 Å². The molecule has 8 heteroatoms. The fraction of sp³-hybridized carbons (Fsp3) is 0.231. The summed E-state index contributed by atoms with van der Waals surface area (Å²) in [6.45, 7) is 1.98. The van der Waals surface area contributed by atoms with Crippen LogP contribution in [0.1, 0.15) is 11.3 Å². The van der Waals surface area contributed by atoms with Gasteiger partial charge in [0.25, 0.3) is 0 Å². The molecule has 0 spiro atoms. The van der Waals surface area contributed by atoms with Crippen molar-refractivity contribution < 1.29 is 12.8 Å². The summed E-state index contributed by atoms with van der Waals surface area (Å²) in [6.07, 6.45) is 1.53. The number of halogens is 2. The number of hydrogen-bond donors (Lipinski definition) is 1. The van der Waals surface area contributed by atoms with Crippen molar-refractivity contribution in [2.45, 2.75) is 18.4 Å². The molecular weight excluding hydrogens is 380 g/mol. The van der Waals surface area contributed by atoms with Crippen LogP contribution in [0.5, 0.6) is 0 Å². The summed E-state index contributed by atoms with van der Waals surface area (Å²) in [5, 5.41) is 0.266. The first-order valence-corrected chi connectivity index (χ1v) is 8.58. The number of aryl methyl sites for hydroxylation is 1. The molecule has 0 saturated carbocycles. The van der Waals surface area contributed by atoms with Crippen molar-refractivity contribution in [2.75, 3.05) is 12.8 Å². The van der Waals surface area contributed by atoms with Crippen LogP contribution in [0.15, 0.2) is 38.2 Å². The van der Waals surface area contributed by atoms with Gasteiger partial charge in [0, 0.05) is 29.9 Å². The molecule has 0 aliphatic carbocycles. The fourth-order valence-electron chi connectivity index (χ4n) is 1.84. The molecule has 0 unspecified atom stereocenters. The van der Waals surface area contributed by atoms with Crippen molar-refractivity contribution in [3.63, 3.8) is 0 Å². The van der Waals surface area contributed by atoms with Crippen molar-refractivity contribution in [1.29, 1.82) is 0 Å². The van der Waals surface area contributed by atoms with Gasteiger partial charge in [0.1, 0.15) is 5.76 Å². The van der Waals surface area contributed by atoms with Crippen molar-refractivity contribution in [2.24, 2.45) is 0 Å². The zero-order valence-corrected chi connectivity index (χ0v) is 14.6. The van der Waals surface area contributed by atoms with Crippen LogP contribution in [0, 0.1) is 6.92 Å². The SMILES string of the molecule is Cc1occc1CN(C)S(=O)(=O)c1cc(Cl)cc(N)c1Br. The largest absolute Gasteiger partial charge is 0.469 e. The van der Waals surface area contributed by atoms with E-state index in [1.165, 1.54) is 29.7 Å². The van der Waals surface area contributed by atoms with E-state index in [0.29, 0.717) is 10.2 Å². The minimum Gasteiger partial charge on any atom is -0.469 e. The van der Waals surface area contributed by atoms with Gasteiger partial charge in [0.2, 0.25) is 10.0 Å². The molecule has 0 aliphatic heterocycles. The smallest absolute Gasteiger partial charge is 0.244 e. The third kappa shape index (κ3) is 3.26. The average Bonchev–Trinajstić information content (AvgIpc) is 2.79. The predicted molar refractivity (Wildman–Crippen MR) is 85.7 cm³/mol. The van der Waals surface area contributed by atoms with Gasteiger partial charge in [0.05, 0.1) is 15.6 Å². The number of sulfonamides is 1. The predicted octanol–water partition coefficient (Wildman–Crippen LogP) is 3.41. The summed E-state index contributed by atoms with van der Waals surface area (Å²) < 4.78 is 32.0. The van der Waals surface area contributed by atoms with E-state index < -0.39 is 10.0 Å². The highest BCUT2D eigenvalue weighted by Crippen LogP contribution is 2.33. The third-order valence-corrected chi connectivity index (χ3v) is 6.27. The van der Waals surface area contributed by atoms with Crippen LogP contribution in [0.4, 0.5) is 5.69 Å². The molecule has 0 saturated heterocycles. The molecule has 5 nitrogen and oxygen atoms in total. The third-order valence-electron chi connectivity index (χ3n) is 3.08. The van der Waals surface area contributed by atoms with Crippen LogP contribution in [0.3, 0.4) is 0 Å². The van der Waals surface area contributed by atoms with Gasteiger partial charge in [0.15, 0.2) is 0 Å². The topological polar surface area (TPSA) is 76.5 Å². The fourth-order valence-corrected chi connectivity index (χ4v) is 4.24. The van der Waals surface area contributed by atoms with E-state index >= 15 is 0 Å². The normalized spacial score (nSPS) is 12.0. The molecule has 1 aromatic carbocycles. The van der Waals surface area contributed by atoms with Gasteiger partial charge in [-0.05, 0) is 41.1 Å². The highest BCUT2D eigenvalue weighted by Gasteiger charge is 2.26. The van der Waals surface area contributed by atoms with Crippen LogP contribution in [-0.4, -0.2) is 19.8 Å². The first kappa shape index (κ1) is 16.4. The van der Waals surface area contributed by atoms with Crippen molar-refractivity contribution in [1.82, 2.24) is 4.31 Å². The van der Waals surface area contributed by atoms with Gasteiger partial charge in [-0.1, -0.05) is 11.6 Å². The van der Waals surface area contributed by atoms with Gasteiger partial charge < -0.3 is 10.2 Å². The Bertz CT molecular complexity index is 774. The van der Waals surface area contributed by atoms with E-state index in [1.54, 1.807) is 13.0 Å². The number of nitrogens with zero attached hydrogens (tertiary/aromatic N) is 1. The number of hydrogen-bond acceptors (Lipinski definition) is 4. The first-order valence-electron chi connectivity index (χ1n) is 5.97. The lowest BCUT2D eigenvalue weighted by Crippen LogP contribution is -2.27. The molecule has 0 atom stereocenters. The molecule has 2 rings (SSSR count). The van der Waals surface area contributed by atoms with Crippen LogP contribution >= 0.6 is 27.5 Å². The standard InChI is InChI=1S/C13H14BrClN2O3S/c1-8-9(3-4-20-8)7-17(2)21(18,19)12-6-10(15)5-11(16)13(12)14/h3-6H,7,16H2,1-2H3. The molecular formula is C13H14BrClN2O3S. The lowest BCUT2D eigenvalue weighted by Gasteiger charge is -2.18. The van der Waals surface area contributed by atoms with Gasteiger partial charge in [-0.2, -0.15) is 4.31 Å². The Hall–Kier alpha value is -1.02. The Kier molecular flexibility index (Phi) is 4.67. The molecule has 2 N–H and O–H groups in total. The average molecular weight is 394 g/mol.